The van der Waals surface area contributed by atoms with Gasteiger partial charge in [0.1, 0.15) is 11.6 Å². The van der Waals surface area contributed by atoms with E-state index in [1.54, 1.807) is 13.0 Å². The summed E-state index contributed by atoms with van der Waals surface area (Å²) in [4.78, 5) is 3.45. The van der Waals surface area contributed by atoms with E-state index in [0.717, 1.165) is 5.56 Å². The molecule has 0 spiro atoms. The van der Waals surface area contributed by atoms with Crippen molar-refractivity contribution >= 4 is 12.6 Å². The van der Waals surface area contributed by atoms with Gasteiger partial charge in [0.05, 0.1) is 0 Å². The summed E-state index contributed by atoms with van der Waals surface area (Å²) in [5, 5.41) is 17.3. The number of benzene rings is 2. The molecule has 4 heteroatoms. The van der Waals surface area contributed by atoms with E-state index in [2.05, 4.69) is 17.8 Å². The molecule has 0 atom stereocenters. The molecule has 0 amide bonds. The first kappa shape index (κ1) is 21.6. The highest BCUT2D eigenvalue weighted by Gasteiger charge is 1.99. The van der Waals surface area contributed by atoms with Gasteiger partial charge in [-0.15, -0.1) is 0 Å². The van der Waals surface area contributed by atoms with Crippen LogP contribution in [0, 0.1) is 12.3 Å². The van der Waals surface area contributed by atoms with Gasteiger partial charge in [0.15, 0.2) is 0 Å². The second-order valence-corrected chi connectivity index (χ2v) is 5.98. The SMILES string of the molecule is C=NC(=N)\C=C/C(C)=C(O)\C=C(/N)Cc1cccc(C)c1.c1ccccc1. The minimum absolute atomic E-state index is 0.0406. The van der Waals surface area contributed by atoms with Crippen LogP contribution in [-0.4, -0.2) is 17.7 Å². The molecule has 4 nitrogen and oxygen atoms in total. The molecule has 0 bridgehead atoms. The maximum atomic E-state index is 9.96. The average Bonchev–Trinajstić information content (AvgIpc) is 2.67. The highest BCUT2D eigenvalue weighted by Crippen LogP contribution is 2.11. The van der Waals surface area contributed by atoms with Gasteiger partial charge in [0.2, 0.25) is 0 Å². The molecule has 4 N–H and O–H groups in total. The highest BCUT2D eigenvalue weighted by molar-refractivity contribution is 5.93. The highest BCUT2D eigenvalue weighted by atomic mass is 16.3. The lowest BCUT2D eigenvalue weighted by atomic mass is 10.1. The monoisotopic (exact) mass is 361 g/mol. The normalized spacial score (nSPS) is 12.0. The Morgan fingerprint density at radius 3 is 2.22 bits per heavy atom. The summed E-state index contributed by atoms with van der Waals surface area (Å²) in [5.41, 5.74) is 9.40. The van der Waals surface area contributed by atoms with Crippen molar-refractivity contribution in [2.75, 3.05) is 0 Å². The molecule has 2 aromatic carbocycles. The van der Waals surface area contributed by atoms with Gasteiger partial charge in [0.25, 0.3) is 0 Å². The lowest BCUT2D eigenvalue weighted by molar-refractivity contribution is 0.426. The Balaban J connectivity index is 0.000000511. The van der Waals surface area contributed by atoms with Crippen LogP contribution in [0.2, 0.25) is 0 Å². The molecule has 0 aliphatic heterocycles. The van der Waals surface area contributed by atoms with Crippen molar-refractivity contribution in [2.45, 2.75) is 20.3 Å². The number of hydrogen-bond donors (Lipinski definition) is 3. The van der Waals surface area contributed by atoms with E-state index in [1.165, 1.54) is 17.7 Å². The molecule has 2 rings (SSSR count). The molecule has 0 saturated carbocycles. The molecule has 140 valence electrons. The number of nitrogens with zero attached hydrogens (tertiary/aromatic N) is 1. The second kappa shape index (κ2) is 12.0. The van der Waals surface area contributed by atoms with Gasteiger partial charge in [-0.05, 0) is 43.9 Å². The third kappa shape index (κ3) is 9.60. The quantitative estimate of drug-likeness (QED) is 0.298. The number of nitrogens with two attached hydrogens (primary N) is 1. The van der Waals surface area contributed by atoms with E-state index >= 15 is 0 Å². The van der Waals surface area contributed by atoms with Crippen molar-refractivity contribution in [1.82, 2.24) is 0 Å². The molecule has 0 aromatic heterocycles. The number of aliphatic imine (C=N–C) groups is 1. The standard InChI is InChI=1S/C17H21N3O.C6H6/c1-12-5-4-6-14(9-12)10-15(18)11-16(21)13(2)7-8-17(19)20-3;1-2-4-6-5-3-1/h4-9,11,19,21H,3,10,18H2,1-2H3;1-6H/b8-7-,15-11-,16-13+,19-17?;. The first-order chi connectivity index (χ1) is 12.9. The van der Waals surface area contributed by atoms with Gasteiger partial charge in [-0.25, -0.2) is 4.99 Å². The first-order valence-corrected chi connectivity index (χ1v) is 8.57. The molecule has 0 saturated heterocycles. The topological polar surface area (TPSA) is 82.5 Å². The van der Waals surface area contributed by atoms with Gasteiger partial charge >= 0.3 is 0 Å². The zero-order valence-corrected chi connectivity index (χ0v) is 15.9. The predicted molar refractivity (Wildman–Crippen MR) is 115 cm³/mol. The van der Waals surface area contributed by atoms with Crippen LogP contribution in [0.1, 0.15) is 18.1 Å². The summed E-state index contributed by atoms with van der Waals surface area (Å²) in [7, 11) is 0. The van der Waals surface area contributed by atoms with E-state index in [9.17, 15) is 5.11 Å². The van der Waals surface area contributed by atoms with Crippen molar-refractivity contribution < 1.29 is 5.11 Å². The first-order valence-electron chi connectivity index (χ1n) is 8.57. The summed E-state index contributed by atoms with van der Waals surface area (Å²) in [6.07, 6.45) is 5.17. The van der Waals surface area contributed by atoms with Gasteiger partial charge in [-0.3, -0.25) is 5.41 Å². The summed E-state index contributed by atoms with van der Waals surface area (Å²) in [6.45, 7) is 7.01. The van der Waals surface area contributed by atoms with Gasteiger partial charge in [-0.2, -0.15) is 0 Å². The molecule has 0 aliphatic carbocycles. The largest absolute Gasteiger partial charge is 0.508 e. The lowest BCUT2D eigenvalue weighted by Gasteiger charge is -2.04. The van der Waals surface area contributed by atoms with E-state index in [0.29, 0.717) is 17.7 Å². The fourth-order valence-electron chi connectivity index (χ4n) is 2.13. The number of aryl methyl sites for hydroxylation is 1. The maximum Gasteiger partial charge on any atom is 0.143 e. The van der Waals surface area contributed by atoms with Crippen LogP contribution in [0.3, 0.4) is 0 Å². The molecule has 0 unspecified atom stereocenters. The van der Waals surface area contributed by atoms with Crippen LogP contribution in [0.15, 0.2) is 101 Å². The number of aliphatic hydroxyl groups excluding tert-OH is 1. The van der Waals surface area contributed by atoms with Crippen LogP contribution in [0.4, 0.5) is 0 Å². The Labute approximate surface area is 161 Å². The van der Waals surface area contributed by atoms with Crippen molar-refractivity contribution in [3.8, 4) is 0 Å². The molecule has 27 heavy (non-hydrogen) atoms. The third-order valence-electron chi connectivity index (χ3n) is 3.55. The van der Waals surface area contributed by atoms with E-state index < -0.39 is 0 Å². The van der Waals surface area contributed by atoms with Gasteiger partial charge in [0, 0.05) is 12.1 Å². The summed E-state index contributed by atoms with van der Waals surface area (Å²) < 4.78 is 0. The Hall–Kier alpha value is -3.40. The summed E-state index contributed by atoms with van der Waals surface area (Å²) in [6, 6.07) is 20.1. The third-order valence-corrected chi connectivity index (χ3v) is 3.55. The molecule has 0 radical (unpaired) electrons. The van der Waals surface area contributed by atoms with Crippen LogP contribution >= 0.6 is 0 Å². The molecule has 0 aliphatic rings. The number of nitrogens with one attached hydrogen (secondary N) is 1. The Morgan fingerprint density at radius 2 is 1.70 bits per heavy atom. The second-order valence-electron chi connectivity index (χ2n) is 5.98. The molecular weight excluding hydrogens is 334 g/mol. The molecular formula is C23H27N3O. The molecule has 2 aromatic rings. The van der Waals surface area contributed by atoms with E-state index in [-0.39, 0.29) is 11.6 Å². The fourth-order valence-corrected chi connectivity index (χ4v) is 2.13. The van der Waals surface area contributed by atoms with Crippen molar-refractivity contribution in [3.63, 3.8) is 0 Å². The van der Waals surface area contributed by atoms with Crippen molar-refractivity contribution in [2.24, 2.45) is 10.7 Å². The number of allylic oxidation sites excluding steroid dienone is 4. The Bertz CT molecular complexity index is 807. The lowest BCUT2D eigenvalue weighted by Crippen LogP contribution is -2.02. The van der Waals surface area contributed by atoms with E-state index in [4.69, 9.17) is 11.1 Å². The van der Waals surface area contributed by atoms with E-state index in [1.807, 2.05) is 61.5 Å². The number of hydrogen-bond acceptors (Lipinski definition) is 3. The van der Waals surface area contributed by atoms with Gasteiger partial charge < -0.3 is 10.8 Å². The number of rotatable bonds is 5. The van der Waals surface area contributed by atoms with Gasteiger partial charge in [-0.1, -0.05) is 72.3 Å². The maximum absolute atomic E-state index is 9.96. The van der Waals surface area contributed by atoms with Crippen LogP contribution in [0.5, 0.6) is 0 Å². The summed E-state index contributed by atoms with van der Waals surface area (Å²) in [5.74, 6) is 0.118. The summed E-state index contributed by atoms with van der Waals surface area (Å²) >= 11 is 0. The minimum atomic E-state index is 0.0406. The smallest absolute Gasteiger partial charge is 0.143 e. The van der Waals surface area contributed by atoms with Crippen LogP contribution in [-0.2, 0) is 6.42 Å². The van der Waals surface area contributed by atoms with Crippen molar-refractivity contribution in [1.29, 1.82) is 5.41 Å². The number of amidine groups is 1. The fraction of sp³-hybridized carbons (Fsp3) is 0.130. The zero-order valence-electron chi connectivity index (χ0n) is 15.9. The van der Waals surface area contributed by atoms with Crippen molar-refractivity contribution in [3.05, 3.63) is 107 Å². The average molecular weight is 361 g/mol. The van der Waals surface area contributed by atoms with Crippen LogP contribution in [0.25, 0.3) is 0 Å². The minimum Gasteiger partial charge on any atom is -0.508 e. The molecule has 0 heterocycles. The number of aliphatic hydroxyl groups is 1. The molecule has 0 fully saturated rings. The zero-order chi connectivity index (χ0) is 20.1. The van der Waals surface area contributed by atoms with Crippen LogP contribution < -0.4 is 5.73 Å². The Morgan fingerprint density at radius 1 is 1.11 bits per heavy atom. The predicted octanol–water partition coefficient (Wildman–Crippen LogP) is 5.13. The Kier molecular flexibility index (Phi) is 9.65.